The minimum Gasteiger partial charge on any atom is -0.493 e. The molecule has 0 saturated carbocycles. The van der Waals surface area contributed by atoms with Crippen LogP contribution in [-0.4, -0.2) is 21.3 Å². The molecule has 0 unspecified atom stereocenters. The van der Waals surface area contributed by atoms with E-state index in [0.29, 0.717) is 23.8 Å². The molecule has 0 aliphatic carbocycles. The largest absolute Gasteiger partial charge is 0.493 e. The van der Waals surface area contributed by atoms with Crippen molar-refractivity contribution >= 4 is 0 Å². The second-order valence-corrected chi connectivity index (χ2v) is 4.65. The van der Waals surface area contributed by atoms with Gasteiger partial charge >= 0.3 is 0 Å². The van der Waals surface area contributed by atoms with E-state index in [4.69, 9.17) is 18.6 Å². The van der Waals surface area contributed by atoms with Crippen molar-refractivity contribution in [3.05, 3.63) is 41.9 Å². The van der Waals surface area contributed by atoms with E-state index >= 15 is 0 Å². The second-order valence-electron chi connectivity index (χ2n) is 4.65. The molecule has 0 bridgehead atoms. The highest BCUT2D eigenvalue weighted by Gasteiger charge is 2.14. The molecule has 0 aliphatic rings. The third-order valence-corrected chi connectivity index (χ3v) is 3.31. The van der Waals surface area contributed by atoms with Crippen LogP contribution in [0.1, 0.15) is 24.3 Å². The summed E-state index contributed by atoms with van der Waals surface area (Å²) >= 11 is 0. The number of benzene rings is 1. The average molecular weight is 291 g/mol. The molecule has 2 rings (SSSR count). The van der Waals surface area contributed by atoms with Crippen molar-refractivity contribution in [3.63, 3.8) is 0 Å². The number of furan rings is 1. The Hall–Kier alpha value is -2.14. The van der Waals surface area contributed by atoms with Gasteiger partial charge in [0.15, 0.2) is 11.5 Å². The third-order valence-electron chi connectivity index (χ3n) is 3.31. The molecule has 114 valence electrons. The predicted octanol–water partition coefficient (Wildman–Crippen LogP) is 3.16. The summed E-state index contributed by atoms with van der Waals surface area (Å²) < 4.78 is 21.4. The monoisotopic (exact) mass is 291 g/mol. The molecule has 2 aromatic rings. The molecule has 0 amide bonds. The molecule has 5 heteroatoms. The highest BCUT2D eigenvalue weighted by molar-refractivity contribution is 5.53. The lowest BCUT2D eigenvalue weighted by Gasteiger charge is -2.16. The molecule has 1 atom stereocenters. The zero-order valence-corrected chi connectivity index (χ0v) is 12.8. The zero-order valence-electron chi connectivity index (χ0n) is 12.8. The van der Waals surface area contributed by atoms with E-state index in [9.17, 15) is 0 Å². The van der Waals surface area contributed by atoms with Gasteiger partial charge in [-0.05, 0) is 36.8 Å². The molecule has 5 nitrogen and oxygen atoms in total. The van der Waals surface area contributed by atoms with Gasteiger partial charge in [-0.25, -0.2) is 0 Å². The van der Waals surface area contributed by atoms with Crippen molar-refractivity contribution in [3.8, 4) is 17.2 Å². The van der Waals surface area contributed by atoms with Crippen LogP contribution in [0.5, 0.6) is 17.2 Å². The van der Waals surface area contributed by atoms with E-state index in [1.807, 2.05) is 24.3 Å². The summed E-state index contributed by atoms with van der Waals surface area (Å²) in [4.78, 5) is 0. The zero-order chi connectivity index (χ0) is 15.2. The van der Waals surface area contributed by atoms with Crippen LogP contribution in [0.25, 0.3) is 0 Å². The number of hydrogen-bond acceptors (Lipinski definition) is 5. The lowest BCUT2D eigenvalue weighted by atomic mass is 10.1. The first-order valence-corrected chi connectivity index (χ1v) is 6.75. The molecule has 1 aromatic carbocycles. The minimum atomic E-state index is 0.124. The van der Waals surface area contributed by atoms with Gasteiger partial charge < -0.3 is 23.9 Å². The number of ether oxygens (including phenoxy) is 3. The summed E-state index contributed by atoms with van der Waals surface area (Å²) in [5.74, 6) is 2.81. The molecule has 0 spiro atoms. The summed E-state index contributed by atoms with van der Waals surface area (Å²) in [5, 5.41) is 3.40. The van der Waals surface area contributed by atoms with Crippen LogP contribution in [0.15, 0.2) is 34.9 Å². The topological polar surface area (TPSA) is 52.9 Å². The third kappa shape index (κ3) is 3.49. The Kier molecular flexibility index (Phi) is 5.11. The van der Waals surface area contributed by atoms with Crippen LogP contribution >= 0.6 is 0 Å². The van der Waals surface area contributed by atoms with Crippen LogP contribution in [0, 0.1) is 0 Å². The highest BCUT2D eigenvalue weighted by Crippen LogP contribution is 2.38. The van der Waals surface area contributed by atoms with Gasteiger partial charge in [0.25, 0.3) is 0 Å². The Bertz CT molecular complexity index is 541. The number of nitrogens with one attached hydrogen (secondary N) is 1. The molecular weight excluding hydrogens is 270 g/mol. The summed E-state index contributed by atoms with van der Waals surface area (Å²) in [6.07, 6.45) is 1.67. The fourth-order valence-electron chi connectivity index (χ4n) is 2.15. The van der Waals surface area contributed by atoms with Crippen LogP contribution < -0.4 is 19.5 Å². The first-order chi connectivity index (χ1) is 10.2. The quantitative estimate of drug-likeness (QED) is 0.849. The van der Waals surface area contributed by atoms with Gasteiger partial charge in [0, 0.05) is 6.54 Å². The molecule has 0 fully saturated rings. The molecule has 1 heterocycles. The van der Waals surface area contributed by atoms with Crippen molar-refractivity contribution in [2.24, 2.45) is 0 Å². The van der Waals surface area contributed by atoms with E-state index in [-0.39, 0.29) is 6.04 Å². The van der Waals surface area contributed by atoms with Crippen LogP contribution in [0.2, 0.25) is 0 Å². The summed E-state index contributed by atoms with van der Waals surface area (Å²) in [7, 11) is 4.82. The van der Waals surface area contributed by atoms with Crippen molar-refractivity contribution in [1.82, 2.24) is 5.32 Å². The highest BCUT2D eigenvalue weighted by atomic mass is 16.5. The van der Waals surface area contributed by atoms with Crippen molar-refractivity contribution < 1.29 is 18.6 Å². The SMILES string of the molecule is COc1cc(CN[C@@H](C)c2ccco2)cc(OC)c1OC. The van der Waals surface area contributed by atoms with Gasteiger partial charge in [-0.1, -0.05) is 0 Å². The van der Waals surface area contributed by atoms with Gasteiger partial charge in [0.1, 0.15) is 5.76 Å². The Morgan fingerprint density at radius 2 is 1.76 bits per heavy atom. The van der Waals surface area contributed by atoms with Gasteiger partial charge in [0.05, 0.1) is 33.6 Å². The summed E-state index contributed by atoms with van der Waals surface area (Å²) in [6.45, 7) is 2.72. The standard InChI is InChI=1S/C16H21NO4/c1-11(13-6-5-7-21-13)17-10-12-8-14(18-2)16(20-4)15(9-12)19-3/h5-9,11,17H,10H2,1-4H3/t11-/m0/s1. The number of methoxy groups -OCH3 is 3. The molecular formula is C16H21NO4. The molecule has 0 radical (unpaired) electrons. The van der Waals surface area contributed by atoms with Crippen LogP contribution in [0.4, 0.5) is 0 Å². The van der Waals surface area contributed by atoms with E-state index in [1.54, 1.807) is 27.6 Å². The maximum absolute atomic E-state index is 5.38. The van der Waals surface area contributed by atoms with Gasteiger partial charge in [0.2, 0.25) is 5.75 Å². The van der Waals surface area contributed by atoms with Crippen molar-refractivity contribution in [2.45, 2.75) is 19.5 Å². The molecule has 21 heavy (non-hydrogen) atoms. The minimum absolute atomic E-state index is 0.124. The van der Waals surface area contributed by atoms with Gasteiger partial charge in [-0.15, -0.1) is 0 Å². The van der Waals surface area contributed by atoms with Gasteiger partial charge in [-0.2, -0.15) is 0 Å². The fourth-order valence-corrected chi connectivity index (χ4v) is 2.15. The lowest BCUT2D eigenvalue weighted by Crippen LogP contribution is -2.17. The van der Waals surface area contributed by atoms with E-state index in [2.05, 4.69) is 12.2 Å². The number of rotatable bonds is 7. The van der Waals surface area contributed by atoms with E-state index < -0.39 is 0 Å². The maximum atomic E-state index is 5.38. The smallest absolute Gasteiger partial charge is 0.203 e. The fraction of sp³-hybridized carbons (Fsp3) is 0.375. The first kappa shape index (κ1) is 15.3. The van der Waals surface area contributed by atoms with Crippen LogP contribution in [0.3, 0.4) is 0 Å². The normalized spacial score (nSPS) is 12.0. The van der Waals surface area contributed by atoms with Crippen molar-refractivity contribution in [2.75, 3.05) is 21.3 Å². The number of hydrogen-bond donors (Lipinski definition) is 1. The molecule has 0 saturated heterocycles. The molecule has 1 N–H and O–H groups in total. The molecule has 1 aromatic heterocycles. The van der Waals surface area contributed by atoms with Crippen molar-refractivity contribution in [1.29, 1.82) is 0 Å². The summed E-state index contributed by atoms with van der Waals surface area (Å²) in [5.41, 5.74) is 1.04. The van der Waals surface area contributed by atoms with E-state index in [0.717, 1.165) is 11.3 Å². The Morgan fingerprint density at radius 1 is 1.10 bits per heavy atom. The molecule has 0 aliphatic heterocycles. The summed E-state index contributed by atoms with van der Waals surface area (Å²) in [6, 6.07) is 7.82. The Morgan fingerprint density at radius 3 is 2.24 bits per heavy atom. The Labute approximate surface area is 124 Å². The predicted molar refractivity (Wildman–Crippen MR) is 80.1 cm³/mol. The van der Waals surface area contributed by atoms with Crippen LogP contribution in [-0.2, 0) is 6.54 Å². The van der Waals surface area contributed by atoms with E-state index in [1.165, 1.54) is 0 Å². The van der Waals surface area contributed by atoms with Gasteiger partial charge in [-0.3, -0.25) is 0 Å². The maximum Gasteiger partial charge on any atom is 0.203 e. The Balaban J connectivity index is 2.13. The lowest BCUT2D eigenvalue weighted by molar-refractivity contribution is 0.323. The first-order valence-electron chi connectivity index (χ1n) is 6.75. The average Bonchev–Trinajstić information content (AvgIpc) is 3.05. The second kappa shape index (κ2) is 7.04.